The summed E-state index contributed by atoms with van der Waals surface area (Å²) in [6.45, 7) is 0.363. The Labute approximate surface area is 149 Å². The topological polar surface area (TPSA) is 63.5 Å². The van der Waals surface area contributed by atoms with E-state index in [9.17, 15) is 19.3 Å². The molecular formula is C18H17FN2O3S. The van der Waals surface area contributed by atoms with Gasteiger partial charge in [-0.3, -0.25) is 14.9 Å². The number of nitrogens with zero attached hydrogens (tertiary/aromatic N) is 2. The molecule has 3 rings (SSSR count). The highest BCUT2D eigenvalue weighted by atomic mass is 32.2. The standard InChI is InChI=1S/C18H17FN2O3S/c1-25-17-9-4-13(10-16(17)21(23)24)18(22)20(15-7-8-15)11-12-2-5-14(19)6-3-12/h2-6,9-10,15H,7-8,11H2,1H3. The van der Waals surface area contributed by atoms with Gasteiger partial charge in [-0.05, 0) is 48.9 Å². The van der Waals surface area contributed by atoms with Crippen LogP contribution in [0.2, 0.25) is 0 Å². The van der Waals surface area contributed by atoms with Gasteiger partial charge in [-0.1, -0.05) is 12.1 Å². The second kappa shape index (κ2) is 7.23. The summed E-state index contributed by atoms with van der Waals surface area (Å²) >= 11 is 1.27. The van der Waals surface area contributed by atoms with E-state index >= 15 is 0 Å². The van der Waals surface area contributed by atoms with E-state index in [1.54, 1.807) is 35.4 Å². The minimum Gasteiger partial charge on any atom is -0.331 e. The van der Waals surface area contributed by atoms with E-state index in [1.807, 2.05) is 0 Å². The van der Waals surface area contributed by atoms with Gasteiger partial charge in [-0.25, -0.2) is 4.39 Å². The smallest absolute Gasteiger partial charge is 0.283 e. The Morgan fingerprint density at radius 2 is 1.96 bits per heavy atom. The number of carbonyl (C=O) groups excluding carboxylic acids is 1. The van der Waals surface area contributed by atoms with Crippen molar-refractivity contribution in [3.63, 3.8) is 0 Å². The number of amides is 1. The zero-order valence-electron chi connectivity index (χ0n) is 13.6. The van der Waals surface area contributed by atoms with Crippen LogP contribution in [0.25, 0.3) is 0 Å². The molecular weight excluding hydrogens is 343 g/mol. The average molecular weight is 360 g/mol. The molecule has 2 aromatic carbocycles. The Bertz CT molecular complexity index is 806. The first kappa shape index (κ1) is 17.4. The first-order chi connectivity index (χ1) is 12.0. The largest absolute Gasteiger partial charge is 0.331 e. The number of benzene rings is 2. The molecule has 0 aromatic heterocycles. The zero-order valence-corrected chi connectivity index (χ0v) is 14.5. The van der Waals surface area contributed by atoms with Crippen LogP contribution in [0.3, 0.4) is 0 Å². The van der Waals surface area contributed by atoms with Crippen LogP contribution in [0, 0.1) is 15.9 Å². The van der Waals surface area contributed by atoms with E-state index in [1.165, 1.54) is 30.0 Å². The molecule has 0 unspecified atom stereocenters. The number of rotatable bonds is 6. The minimum absolute atomic E-state index is 0.0594. The van der Waals surface area contributed by atoms with Crippen LogP contribution in [0.1, 0.15) is 28.8 Å². The molecule has 130 valence electrons. The first-order valence-electron chi connectivity index (χ1n) is 7.87. The number of nitro benzene ring substituents is 1. The van der Waals surface area contributed by atoms with Crippen LogP contribution >= 0.6 is 11.8 Å². The van der Waals surface area contributed by atoms with E-state index in [4.69, 9.17) is 0 Å². The van der Waals surface area contributed by atoms with Gasteiger partial charge in [-0.2, -0.15) is 0 Å². The van der Waals surface area contributed by atoms with Crippen molar-refractivity contribution in [3.8, 4) is 0 Å². The van der Waals surface area contributed by atoms with Crippen LogP contribution in [-0.2, 0) is 6.54 Å². The summed E-state index contributed by atoms with van der Waals surface area (Å²) in [4.78, 5) is 25.9. The predicted octanol–water partition coefficient (Wildman–Crippen LogP) is 4.26. The van der Waals surface area contributed by atoms with Crippen molar-refractivity contribution in [2.24, 2.45) is 0 Å². The Morgan fingerprint density at radius 3 is 2.52 bits per heavy atom. The molecule has 0 bridgehead atoms. The normalized spacial score (nSPS) is 13.5. The monoisotopic (exact) mass is 360 g/mol. The van der Waals surface area contributed by atoms with Crippen molar-refractivity contribution in [2.75, 3.05) is 6.26 Å². The van der Waals surface area contributed by atoms with Crippen LogP contribution in [-0.4, -0.2) is 28.0 Å². The van der Waals surface area contributed by atoms with Gasteiger partial charge in [0.15, 0.2) is 0 Å². The number of hydrogen-bond donors (Lipinski definition) is 0. The van der Waals surface area contributed by atoms with Gasteiger partial charge in [0.25, 0.3) is 11.6 Å². The van der Waals surface area contributed by atoms with Crippen molar-refractivity contribution in [2.45, 2.75) is 30.3 Å². The maximum atomic E-state index is 13.1. The summed E-state index contributed by atoms with van der Waals surface area (Å²) in [5.41, 5.74) is 1.08. The summed E-state index contributed by atoms with van der Waals surface area (Å²) in [6.07, 6.45) is 3.59. The van der Waals surface area contributed by atoms with Crippen molar-refractivity contribution >= 4 is 23.4 Å². The van der Waals surface area contributed by atoms with Crippen LogP contribution in [0.15, 0.2) is 47.4 Å². The second-order valence-electron chi connectivity index (χ2n) is 5.93. The van der Waals surface area contributed by atoms with E-state index in [0.29, 0.717) is 17.0 Å². The van der Waals surface area contributed by atoms with Crippen molar-refractivity contribution in [3.05, 3.63) is 69.5 Å². The van der Waals surface area contributed by atoms with Crippen molar-refractivity contribution < 1.29 is 14.1 Å². The molecule has 0 aliphatic heterocycles. The Kier molecular flexibility index (Phi) is 5.03. The number of hydrogen-bond acceptors (Lipinski definition) is 4. The molecule has 25 heavy (non-hydrogen) atoms. The van der Waals surface area contributed by atoms with Gasteiger partial charge in [0.2, 0.25) is 0 Å². The van der Waals surface area contributed by atoms with Gasteiger partial charge < -0.3 is 4.90 Å². The lowest BCUT2D eigenvalue weighted by atomic mass is 10.1. The lowest BCUT2D eigenvalue weighted by Gasteiger charge is -2.23. The molecule has 1 amide bonds. The number of thioether (sulfide) groups is 1. The van der Waals surface area contributed by atoms with E-state index < -0.39 is 4.92 Å². The third kappa shape index (κ3) is 3.99. The minimum atomic E-state index is -0.468. The zero-order chi connectivity index (χ0) is 18.0. The molecule has 0 radical (unpaired) electrons. The van der Waals surface area contributed by atoms with Crippen molar-refractivity contribution in [1.29, 1.82) is 0 Å². The van der Waals surface area contributed by atoms with E-state index in [2.05, 4.69) is 0 Å². The third-order valence-electron chi connectivity index (χ3n) is 4.14. The summed E-state index contributed by atoms with van der Waals surface area (Å²) in [7, 11) is 0. The number of nitro groups is 1. The van der Waals surface area contributed by atoms with Gasteiger partial charge in [0, 0.05) is 24.2 Å². The fourth-order valence-electron chi connectivity index (χ4n) is 2.67. The first-order valence-corrected chi connectivity index (χ1v) is 9.10. The van der Waals surface area contributed by atoms with Crippen LogP contribution in [0.5, 0.6) is 0 Å². The van der Waals surface area contributed by atoms with Crippen molar-refractivity contribution in [1.82, 2.24) is 4.90 Å². The lowest BCUT2D eigenvalue weighted by molar-refractivity contribution is -0.387. The Hall–Kier alpha value is -2.41. The summed E-state index contributed by atoms with van der Waals surface area (Å²) in [5, 5.41) is 11.2. The second-order valence-corrected chi connectivity index (χ2v) is 6.78. The molecule has 2 aromatic rings. The van der Waals surface area contributed by atoms with Gasteiger partial charge in [0.1, 0.15) is 5.82 Å². The fourth-order valence-corrected chi connectivity index (χ4v) is 3.22. The molecule has 0 spiro atoms. The highest BCUT2D eigenvalue weighted by Crippen LogP contribution is 2.32. The number of halogens is 1. The predicted molar refractivity (Wildman–Crippen MR) is 94.2 cm³/mol. The van der Waals surface area contributed by atoms with Gasteiger partial charge in [0.05, 0.1) is 9.82 Å². The molecule has 0 saturated heterocycles. The average Bonchev–Trinajstić information content (AvgIpc) is 3.45. The van der Waals surface area contributed by atoms with Gasteiger partial charge in [-0.15, -0.1) is 11.8 Å². The molecule has 0 N–H and O–H groups in total. The third-order valence-corrected chi connectivity index (χ3v) is 4.92. The molecule has 1 aliphatic rings. The summed E-state index contributed by atoms with van der Waals surface area (Å²) in [6, 6.07) is 10.7. The SMILES string of the molecule is CSc1ccc(C(=O)N(Cc2ccc(F)cc2)C2CC2)cc1[N+](=O)[O-]. The molecule has 0 atom stereocenters. The molecule has 5 nitrogen and oxygen atoms in total. The highest BCUT2D eigenvalue weighted by Gasteiger charge is 2.33. The molecule has 7 heteroatoms. The lowest BCUT2D eigenvalue weighted by Crippen LogP contribution is -2.32. The molecule has 1 aliphatic carbocycles. The maximum absolute atomic E-state index is 13.1. The maximum Gasteiger partial charge on any atom is 0.283 e. The highest BCUT2D eigenvalue weighted by molar-refractivity contribution is 7.98. The Balaban J connectivity index is 1.87. The Morgan fingerprint density at radius 1 is 1.28 bits per heavy atom. The molecule has 1 saturated carbocycles. The quantitative estimate of drug-likeness (QED) is 0.439. The van der Waals surface area contributed by atoms with E-state index in [-0.39, 0.29) is 23.5 Å². The van der Waals surface area contributed by atoms with Crippen LogP contribution < -0.4 is 0 Å². The van der Waals surface area contributed by atoms with Gasteiger partial charge >= 0.3 is 0 Å². The molecule has 1 fully saturated rings. The molecule has 0 heterocycles. The van der Waals surface area contributed by atoms with Crippen LogP contribution in [0.4, 0.5) is 10.1 Å². The van der Waals surface area contributed by atoms with E-state index in [0.717, 1.165) is 18.4 Å². The number of carbonyl (C=O) groups is 1. The fraction of sp³-hybridized carbons (Fsp3) is 0.278. The summed E-state index contributed by atoms with van der Waals surface area (Å²) in [5.74, 6) is -0.557. The summed E-state index contributed by atoms with van der Waals surface area (Å²) < 4.78 is 13.1.